The van der Waals surface area contributed by atoms with Gasteiger partial charge in [0.2, 0.25) is 5.91 Å². The van der Waals surface area contributed by atoms with Crippen LogP contribution in [-0.2, 0) is 14.3 Å². The zero-order valence-corrected chi connectivity index (χ0v) is 15.3. The van der Waals surface area contributed by atoms with Crippen LogP contribution in [0.5, 0.6) is 0 Å². The van der Waals surface area contributed by atoms with Crippen molar-refractivity contribution in [2.24, 2.45) is 5.92 Å². The normalized spacial score (nSPS) is 17.2. The van der Waals surface area contributed by atoms with Crippen LogP contribution < -0.4 is 5.32 Å². The van der Waals surface area contributed by atoms with Crippen molar-refractivity contribution in [3.05, 3.63) is 51.2 Å². The molecule has 1 heterocycles. The van der Waals surface area contributed by atoms with Crippen LogP contribution in [0, 0.1) is 16.0 Å². The Kier molecular flexibility index (Phi) is 6.49. The highest BCUT2D eigenvalue weighted by Gasteiger charge is 2.36. The van der Waals surface area contributed by atoms with Crippen molar-refractivity contribution in [3.8, 4) is 0 Å². The van der Waals surface area contributed by atoms with Gasteiger partial charge in [0, 0.05) is 29.7 Å². The number of benzene rings is 1. The van der Waals surface area contributed by atoms with Crippen LogP contribution in [0.15, 0.2) is 35.5 Å². The van der Waals surface area contributed by atoms with Crippen molar-refractivity contribution in [2.75, 3.05) is 6.61 Å². The number of nitro groups is 1. The summed E-state index contributed by atoms with van der Waals surface area (Å²) in [7, 11) is 0. The zero-order valence-electron chi connectivity index (χ0n) is 15.3. The molecule has 1 aromatic rings. The van der Waals surface area contributed by atoms with Crippen molar-refractivity contribution >= 4 is 17.6 Å². The van der Waals surface area contributed by atoms with E-state index in [1.165, 1.54) is 6.07 Å². The molecule has 0 radical (unpaired) electrons. The minimum absolute atomic E-state index is 0.0301. The molecule has 0 bridgehead atoms. The molecule has 140 valence electrons. The van der Waals surface area contributed by atoms with Crippen LogP contribution in [0.4, 0.5) is 5.69 Å². The number of hydrogen-bond acceptors (Lipinski definition) is 5. The first-order valence-electron chi connectivity index (χ1n) is 8.80. The molecule has 26 heavy (non-hydrogen) atoms. The van der Waals surface area contributed by atoms with Gasteiger partial charge in [-0.1, -0.05) is 44.9 Å². The Morgan fingerprint density at radius 1 is 1.35 bits per heavy atom. The Bertz CT molecular complexity index is 737. The predicted molar refractivity (Wildman–Crippen MR) is 96.3 cm³/mol. The van der Waals surface area contributed by atoms with E-state index in [-0.39, 0.29) is 29.5 Å². The van der Waals surface area contributed by atoms with Gasteiger partial charge in [0.1, 0.15) is 0 Å². The lowest BCUT2D eigenvalue weighted by Gasteiger charge is -2.26. The average molecular weight is 360 g/mol. The van der Waals surface area contributed by atoms with Gasteiger partial charge in [-0.25, -0.2) is 4.79 Å². The quantitative estimate of drug-likeness (QED) is 0.456. The SMILES string of the molecule is CCC(CC)COC(=O)C1=C(C)NC(=O)CC1c1ccccc1[N+](=O)[O-]. The Hall–Kier alpha value is -2.70. The lowest BCUT2D eigenvalue weighted by Crippen LogP contribution is -2.34. The maximum atomic E-state index is 12.7. The second-order valence-corrected chi connectivity index (χ2v) is 6.44. The second-order valence-electron chi connectivity index (χ2n) is 6.44. The lowest BCUT2D eigenvalue weighted by atomic mass is 9.83. The molecule has 1 aromatic carbocycles. The molecule has 2 rings (SSSR count). The average Bonchev–Trinajstić information content (AvgIpc) is 2.61. The van der Waals surface area contributed by atoms with Gasteiger partial charge in [0.15, 0.2) is 0 Å². The fourth-order valence-corrected chi connectivity index (χ4v) is 3.18. The maximum Gasteiger partial charge on any atom is 0.336 e. The number of carbonyl (C=O) groups is 2. The number of allylic oxidation sites excluding steroid dienone is 1. The van der Waals surface area contributed by atoms with E-state index >= 15 is 0 Å². The highest BCUT2D eigenvalue weighted by Crippen LogP contribution is 2.38. The monoisotopic (exact) mass is 360 g/mol. The van der Waals surface area contributed by atoms with E-state index in [1.54, 1.807) is 25.1 Å². The van der Waals surface area contributed by atoms with Crippen molar-refractivity contribution in [1.82, 2.24) is 5.32 Å². The third kappa shape index (κ3) is 4.28. The van der Waals surface area contributed by atoms with E-state index in [0.29, 0.717) is 17.9 Å². The van der Waals surface area contributed by atoms with Crippen molar-refractivity contribution in [2.45, 2.75) is 46.0 Å². The fraction of sp³-hybridized carbons (Fsp3) is 0.474. The fourth-order valence-electron chi connectivity index (χ4n) is 3.18. The summed E-state index contributed by atoms with van der Waals surface area (Å²) in [6.45, 7) is 5.97. The number of amides is 1. The molecule has 7 heteroatoms. The molecule has 1 atom stereocenters. The smallest absolute Gasteiger partial charge is 0.336 e. The van der Waals surface area contributed by atoms with Gasteiger partial charge in [0.25, 0.3) is 5.69 Å². The molecule has 1 N–H and O–H groups in total. The Morgan fingerprint density at radius 3 is 2.62 bits per heavy atom. The van der Waals surface area contributed by atoms with Gasteiger partial charge in [-0.15, -0.1) is 0 Å². The Labute approximate surface area is 152 Å². The third-order valence-corrected chi connectivity index (χ3v) is 4.80. The number of carbonyl (C=O) groups excluding carboxylic acids is 2. The number of rotatable bonds is 7. The van der Waals surface area contributed by atoms with Crippen LogP contribution >= 0.6 is 0 Å². The summed E-state index contributed by atoms with van der Waals surface area (Å²) in [6.07, 6.45) is 1.76. The van der Waals surface area contributed by atoms with E-state index < -0.39 is 16.8 Å². The molecule has 0 saturated heterocycles. The van der Waals surface area contributed by atoms with Gasteiger partial charge in [0.05, 0.1) is 17.1 Å². The van der Waals surface area contributed by atoms with E-state index in [4.69, 9.17) is 4.74 Å². The molecule has 0 saturated carbocycles. The molecule has 0 fully saturated rings. The molecular formula is C19H24N2O5. The van der Waals surface area contributed by atoms with Gasteiger partial charge >= 0.3 is 5.97 Å². The number of para-hydroxylation sites is 1. The Balaban J connectivity index is 2.38. The number of ether oxygens (including phenoxy) is 1. The molecule has 1 aliphatic rings. The molecule has 0 spiro atoms. The molecular weight excluding hydrogens is 336 g/mol. The van der Waals surface area contributed by atoms with Gasteiger partial charge in [-0.05, 0) is 12.8 Å². The summed E-state index contributed by atoms with van der Waals surface area (Å²) in [4.78, 5) is 35.6. The van der Waals surface area contributed by atoms with Gasteiger partial charge in [-0.2, -0.15) is 0 Å². The van der Waals surface area contributed by atoms with Crippen LogP contribution in [-0.4, -0.2) is 23.4 Å². The highest BCUT2D eigenvalue weighted by molar-refractivity contribution is 5.96. The lowest BCUT2D eigenvalue weighted by molar-refractivity contribution is -0.385. The molecule has 0 aliphatic carbocycles. The molecule has 1 unspecified atom stereocenters. The summed E-state index contributed by atoms with van der Waals surface area (Å²) in [6, 6.07) is 6.19. The van der Waals surface area contributed by atoms with Gasteiger partial charge < -0.3 is 10.1 Å². The standard InChI is InChI=1S/C19H24N2O5/c1-4-13(5-2)11-26-19(23)18-12(3)20-17(22)10-15(18)14-8-6-7-9-16(14)21(24)25/h6-9,13,15H,4-5,10-11H2,1-3H3,(H,20,22). The summed E-state index contributed by atoms with van der Waals surface area (Å²) in [5, 5.41) is 14.0. The van der Waals surface area contributed by atoms with E-state index in [1.807, 2.05) is 13.8 Å². The van der Waals surface area contributed by atoms with Crippen molar-refractivity contribution in [1.29, 1.82) is 0 Å². The van der Waals surface area contributed by atoms with Crippen LogP contribution in [0.1, 0.15) is 51.5 Å². The first kappa shape index (κ1) is 19.6. The van der Waals surface area contributed by atoms with Crippen molar-refractivity contribution < 1.29 is 19.2 Å². The molecule has 1 amide bonds. The minimum atomic E-state index is -0.695. The summed E-state index contributed by atoms with van der Waals surface area (Å²) in [5.41, 5.74) is 0.912. The molecule has 0 aromatic heterocycles. The van der Waals surface area contributed by atoms with E-state index in [0.717, 1.165) is 12.8 Å². The maximum absolute atomic E-state index is 12.7. The summed E-state index contributed by atoms with van der Waals surface area (Å²) >= 11 is 0. The predicted octanol–water partition coefficient (Wildman–Crippen LogP) is 3.45. The minimum Gasteiger partial charge on any atom is -0.462 e. The third-order valence-electron chi connectivity index (χ3n) is 4.80. The number of hydrogen-bond donors (Lipinski definition) is 1. The topological polar surface area (TPSA) is 98.5 Å². The van der Waals surface area contributed by atoms with Crippen molar-refractivity contribution in [3.63, 3.8) is 0 Å². The van der Waals surface area contributed by atoms with Crippen LogP contribution in [0.3, 0.4) is 0 Å². The van der Waals surface area contributed by atoms with E-state index in [9.17, 15) is 19.7 Å². The molecule has 7 nitrogen and oxygen atoms in total. The van der Waals surface area contributed by atoms with E-state index in [2.05, 4.69) is 5.32 Å². The largest absolute Gasteiger partial charge is 0.462 e. The summed E-state index contributed by atoms with van der Waals surface area (Å²) in [5.74, 6) is -1.23. The molecule has 1 aliphatic heterocycles. The van der Waals surface area contributed by atoms with Gasteiger partial charge in [-0.3, -0.25) is 14.9 Å². The second kappa shape index (κ2) is 8.60. The summed E-state index contributed by atoms with van der Waals surface area (Å²) < 4.78 is 5.47. The zero-order chi connectivity index (χ0) is 19.3. The first-order chi connectivity index (χ1) is 12.4. The van der Waals surface area contributed by atoms with Crippen LogP contribution in [0.25, 0.3) is 0 Å². The Morgan fingerprint density at radius 2 is 2.00 bits per heavy atom. The number of nitrogens with zero attached hydrogens (tertiary/aromatic N) is 1. The van der Waals surface area contributed by atoms with Crippen LogP contribution in [0.2, 0.25) is 0 Å². The highest BCUT2D eigenvalue weighted by atomic mass is 16.6. The number of nitrogens with one attached hydrogen (secondary N) is 1. The number of esters is 1. The number of nitro benzene ring substituents is 1. The first-order valence-corrected chi connectivity index (χ1v) is 8.80.